The summed E-state index contributed by atoms with van der Waals surface area (Å²) in [5, 5.41) is 4.08. The largest absolute Gasteiger partial charge is 0.497 e. The molecule has 0 N–H and O–H groups in total. The fourth-order valence-electron chi connectivity index (χ4n) is 3.37. The Balaban J connectivity index is 1.55. The number of methoxy groups -OCH3 is 2. The molecular formula is C21H21N3O4. The van der Waals surface area contributed by atoms with Crippen LogP contribution >= 0.6 is 0 Å². The Labute approximate surface area is 162 Å². The maximum absolute atomic E-state index is 12.6. The predicted molar refractivity (Wildman–Crippen MR) is 104 cm³/mol. The summed E-state index contributed by atoms with van der Waals surface area (Å²) in [6, 6.07) is 13.2. The summed E-state index contributed by atoms with van der Waals surface area (Å²) >= 11 is 0. The average Bonchev–Trinajstić information content (AvgIpc) is 3.35. The maximum atomic E-state index is 12.6. The molecule has 2 heterocycles. The lowest BCUT2D eigenvalue weighted by Crippen LogP contribution is -2.25. The first-order chi connectivity index (χ1) is 13.6. The second-order valence-electron chi connectivity index (χ2n) is 6.74. The van der Waals surface area contributed by atoms with Gasteiger partial charge in [-0.25, -0.2) is 0 Å². The number of nitrogens with zero attached hydrogens (tertiary/aromatic N) is 3. The molecule has 0 radical (unpaired) electrons. The molecule has 4 rings (SSSR count). The molecule has 1 fully saturated rings. The van der Waals surface area contributed by atoms with Crippen molar-refractivity contribution < 1.29 is 18.8 Å². The maximum Gasteiger partial charge on any atom is 0.232 e. The lowest BCUT2D eigenvalue weighted by Gasteiger charge is -2.19. The van der Waals surface area contributed by atoms with E-state index in [1.54, 1.807) is 19.1 Å². The van der Waals surface area contributed by atoms with E-state index in [1.807, 2.05) is 49.4 Å². The number of amides is 1. The summed E-state index contributed by atoms with van der Waals surface area (Å²) in [6.45, 7) is 2.47. The summed E-state index contributed by atoms with van der Waals surface area (Å²) < 4.78 is 15.9. The van der Waals surface area contributed by atoms with Gasteiger partial charge < -0.3 is 18.9 Å². The summed E-state index contributed by atoms with van der Waals surface area (Å²) in [4.78, 5) is 18.9. The number of benzene rings is 2. The van der Waals surface area contributed by atoms with E-state index in [9.17, 15) is 4.79 Å². The predicted octanol–water partition coefficient (Wildman–Crippen LogP) is 3.58. The van der Waals surface area contributed by atoms with E-state index >= 15 is 0 Å². The van der Waals surface area contributed by atoms with Crippen molar-refractivity contribution in [3.8, 4) is 22.9 Å². The molecule has 1 aromatic heterocycles. The SMILES string of the molecule is COc1ccc(-c2noc(C3CC(=O)N(c4cc(OC)ccc4C)C3)n2)cc1. The number of ether oxygens (including phenoxy) is 2. The van der Waals surface area contributed by atoms with Gasteiger partial charge in [0.1, 0.15) is 11.5 Å². The molecule has 1 saturated heterocycles. The molecule has 1 atom stereocenters. The molecule has 7 heteroatoms. The van der Waals surface area contributed by atoms with Crippen molar-refractivity contribution in [3.63, 3.8) is 0 Å². The molecule has 1 unspecified atom stereocenters. The number of hydrogen-bond donors (Lipinski definition) is 0. The van der Waals surface area contributed by atoms with Crippen molar-refractivity contribution in [1.82, 2.24) is 10.1 Å². The summed E-state index contributed by atoms with van der Waals surface area (Å²) in [6.07, 6.45) is 0.334. The van der Waals surface area contributed by atoms with Crippen LogP contribution in [0, 0.1) is 6.92 Å². The van der Waals surface area contributed by atoms with Gasteiger partial charge in [-0.2, -0.15) is 4.98 Å². The van der Waals surface area contributed by atoms with Crippen LogP contribution in [0.2, 0.25) is 0 Å². The van der Waals surface area contributed by atoms with Crippen LogP contribution in [0.5, 0.6) is 11.5 Å². The van der Waals surface area contributed by atoms with Crippen LogP contribution in [0.3, 0.4) is 0 Å². The second kappa shape index (κ2) is 7.34. The van der Waals surface area contributed by atoms with E-state index in [4.69, 9.17) is 14.0 Å². The minimum Gasteiger partial charge on any atom is -0.497 e. The molecule has 144 valence electrons. The summed E-state index contributed by atoms with van der Waals surface area (Å²) in [5.74, 6) is 2.35. The topological polar surface area (TPSA) is 77.7 Å². The second-order valence-corrected chi connectivity index (χ2v) is 6.74. The van der Waals surface area contributed by atoms with Crippen LogP contribution in [0.25, 0.3) is 11.4 Å². The van der Waals surface area contributed by atoms with Crippen LogP contribution < -0.4 is 14.4 Å². The first-order valence-electron chi connectivity index (χ1n) is 9.02. The van der Waals surface area contributed by atoms with E-state index < -0.39 is 0 Å². The third-order valence-electron chi connectivity index (χ3n) is 4.97. The molecule has 1 aliphatic heterocycles. The third-order valence-corrected chi connectivity index (χ3v) is 4.97. The minimum atomic E-state index is -0.141. The molecule has 7 nitrogen and oxygen atoms in total. The van der Waals surface area contributed by atoms with Crippen LogP contribution in [0.15, 0.2) is 47.0 Å². The van der Waals surface area contributed by atoms with Crippen molar-refractivity contribution in [2.75, 3.05) is 25.7 Å². The van der Waals surface area contributed by atoms with Crippen molar-refractivity contribution in [2.24, 2.45) is 0 Å². The first-order valence-corrected chi connectivity index (χ1v) is 9.02. The highest BCUT2D eigenvalue weighted by Gasteiger charge is 2.36. The highest BCUT2D eigenvalue weighted by Crippen LogP contribution is 2.35. The summed E-state index contributed by atoms with van der Waals surface area (Å²) in [5.41, 5.74) is 2.70. The van der Waals surface area contributed by atoms with E-state index in [-0.39, 0.29) is 11.8 Å². The molecule has 0 bridgehead atoms. The van der Waals surface area contributed by atoms with Gasteiger partial charge in [-0.1, -0.05) is 11.2 Å². The van der Waals surface area contributed by atoms with Gasteiger partial charge in [0.05, 0.1) is 25.8 Å². The highest BCUT2D eigenvalue weighted by atomic mass is 16.5. The number of rotatable bonds is 5. The zero-order valence-corrected chi connectivity index (χ0v) is 16.0. The fourth-order valence-corrected chi connectivity index (χ4v) is 3.37. The molecule has 28 heavy (non-hydrogen) atoms. The Morgan fingerprint density at radius 2 is 1.79 bits per heavy atom. The molecule has 0 saturated carbocycles. The number of carbonyl (C=O) groups is 1. The molecule has 1 amide bonds. The number of aromatic nitrogens is 2. The van der Waals surface area contributed by atoms with Crippen LogP contribution in [-0.4, -0.2) is 36.8 Å². The Hall–Kier alpha value is -3.35. The van der Waals surface area contributed by atoms with Gasteiger partial charge in [0.25, 0.3) is 0 Å². The first kappa shape index (κ1) is 18.0. The average molecular weight is 379 g/mol. The Bertz CT molecular complexity index is 997. The molecule has 0 aliphatic carbocycles. The Kier molecular flexibility index (Phi) is 4.73. The molecule has 2 aromatic carbocycles. The minimum absolute atomic E-state index is 0.0329. The standard InChI is InChI=1S/C21H21N3O4/c1-13-4-7-17(27-3)11-18(13)24-12-15(10-19(24)25)21-22-20(23-28-21)14-5-8-16(26-2)9-6-14/h4-9,11,15H,10,12H2,1-3H3. The van der Waals surface area contributed by atoms with Crippen molar-refractivity contribution >= 4 is 11.6 Å². The van der Waals surface area contributed by atoms with Crippen LogP contribution in [0.4, 0.5) is 5.69 Å². The van der Waals surface area contributed by atoms with Gasteiger partial charge in [-0.05, 0) is 42.8 Å². The van der Waals surface area contributed by atoms with Gasteiger partial charge in [0, 0.05) is 24.6 Å². The van der Waals surface area contributed by atoms with Gasteiger partial charge in [-0.15, -0.1) is 0 Å². The lowest BCUT2D eigenvalue weighted by molar-refractivity contribution is -0.117. The van der Waals surface area contributed by atoms with E-state index in [0.29, 0.717) is 24.7 Å². The smallest absolute Gasteiger partial charge is 0.232 e. The zero-order valence-electron chi connectivity index (χ0n) is 16.0. The number of hydrogen-bond acceptors (Lipinski definition) is 6. The highest BCUT2D eigenvalue weighted by molar-refractivity contribution is 5.97. The molecular weight excluding hydrogens is 358 g/mol. The number of anilines is 1. The third kappa shape index (κ3) is 3.31. The van der Waals surface area contributed by atoms with Gasteiger partial charge in [0.2, 0.25) is 17.6 Å². The normalized spacial score (nSPS) is 16.5. The van der Waals surface area contributed by atoms with E-state index in [0.717, 1.165) is 28.3 Å². The van der Waals surface area contributed by atoms with Crippen molar-refractivity contribution in [1.29, 1.82) is 0 Å². The van der Waals surface area contributed by atoms with Crippen LogP contribution in [-0.2, 0) is 4.79 Å². The van der Waals surface area contributed by atoms with Crippen LogP contribution in [0.1, 0.15) is 23.8 Å². The van der Waals surface area contributed by atoms with Gasteiger partial charge in [0.15, 0.2) is 0 Å². The Morgan fingerprint density at radius 3 is 2.50 bits per heavy atom. The zero-order chi connectivity index (χ0) is 19.7. The number of aryl methyl sites for hydroxylation is 1. The molecule has 1 aliphatic rings. The quantitative estimate of drug-likeness (QED) is 0.674. The van der Waals surface area contributed by atoms with Gasteiger partial charge >= 0.3 is 0 Å². The Morgan fingerprint density at radius 1 is 1.07 bits per heavy atom. The number of carbonyl (C=O) groups excluding carboxylic acids is 1. The molecule has 0 spiro atoms. The van der Waals surface area contributed by atoms with Crippen molar-refractivity contribution in [2.45, 2.75) is 19.3 Å². The fraction of sp³-hybridized carbons (Fsp3) is 0.286. The summed E-state index contributed by atoms with van der Waals surface area (Å²) in [7, 11) is 3.23. The van der Waals surface area contributed by atoms with E-state index in [1.165, 1.54) is 0 Å². The lowest BCUT2D eigenvalue weighted by atomic mass is 10.1. The molecule has 3 aromatic rings. The monoisotopic (exact) mass is 379 g/mol. The van der Waals surface area contributed by atoms with Gasteiger partial charge in [-0.3, -0.25) is 4.79 Å². The van der Waals surface area contributed by atoms with Crippen molar-refractivity contribution in [3.05, 3.63) is 53.9 Å². The van der Waals surface area contributed by atoms with E-state index in [2.05, 4.69) is 10.1 Å².